The molecule has 1 N–H and O–H groups in total. The summed E-state index contributed by atoms with van der Waals surface area (Å²) in [5.41, 5.74) is 1.40. The van der Waals surface area contributed by atoms with Gasteiger partial charge in [-0.3, -0.25) is 4.79 Å². The van der Waals surface area contributed by atoms with Gasteiger partial charge in [-0.15, -0.1) is 4.40 Å². The summed E-state index contributed by atoms with van der Waals surface area (Å²) < 4.78 is 35.1. The van der Waals surface area contributed by atoms with Gasteiger partial charge in [-0.1, -0.05) is 36.4 Å². The molecule has 4 rings (SSSR count). The number of amides is 1. The molecular weight excluding hydrogens is 426 g/mol. The van der Waals surface area contributed by atoms with Crippen molar-refractivity contribution in [3.63, 3.8) is 0 Å². The van der Waals surface area contributed by atoms with Gasteiger partial charge in [0, 0.05) is 44.1 Å². The number of furan rings is 1. The van der Waals surface area contributed by atoms with E-state index in [2.05, 4.69) is 9.71 Å². The summed E-state index contributed by atoms with van der Waals surface area (Å²) in [4.78, 5) is 14.3. The highest BCUT2D eigenvalue weighted by Crippen LogP contribution is 2.23. The molecule has 2 aromatic carbocycles. The molecule has 0 atom stereocenters. The van der Waals surface area contributed by atoms with Gasteiger partial charge in [-0.05, 0) is 36.8 Å². The van der Waals surface area contributed by atoms with E-state index < -0.39 is 10.0 Å². The predicted octanol–water partition coefficient (Wildman–Crippen LogP) is 4.33. The van der Waals surface area contributed by atoms with E-state index >= 15 is 0 Å². The Balaban J connectivity index is 1.37. The van der Waals surface area contributed by atoms with Crippen LogP contribution in [0.5, 0.6) is 0 Å². The van der Waals surface area contributed by atoms with Crippen molar-refractivity contribution in [3.8, 4) is 11.3 Å². The SMILES string of the molecule is CN1CCCC1=NS(=O)(=O)c1cccc(NC(=O)CCc2ccc(-c3ccccc3)o2)c1. The second kappa shape index (κ2) is 9.40. The maximum atomic E-state index is 12.7. The maximum absolute atomic E-state index is 12.7. The molecule has 0 spiro atoms. The van der Waals surface area contributed by atoms with Gasteiger partial charge in [0.2, 0.25) is 5.91 Å². The van der Waals surface area contributed by atoms with Crippen LogP contribution in [0.15, 0.2) is 80.4 Å². The lowest BCUT2D eigenvalue weighted by Gasteiger charge is -2.11. The van der Waals surface area contributed by atoms with E-state index in [1.807, 2.05) is 54.4 Å². The van der Waals surface area contributed by atoms with Crippen LogP contribution in [0.25, 0.3) is 11.3 Å². The summed E-state index contributed by atoms with van der Waals surface area (Å²) >= 11 is 0. The van der Waals surface area contributed by atoms with Gasteiger partial charge >= 0.3 is 0 Å². The van der Waals surface area contributed by atoms with Crippen LogP contribution < -0.4 is 5.32 Å². The largest absolute Gasteiger partial charge is 0.461 e. The number of anilines is 1. The maximum Gasteiger partial charge on any atom is 0.284 e. The van der Waals surface area contributed by atoms with Gasteiger partial charge < -0.3 is 14.6 Å². The molecule has 2 heterocycles. The number of carbonyl (C=O) groups is 1. The third kappa shape index (κ3) is 5.26. The molecule has 1 aromatic heterocycles. The highest BCUT2D eigenvalue weighted by atomic mass is 32.2. The predicted molar refractivity (Wildman–Crippen MR) is 124 cm³/mol. The van der Waals surface area contributed by atoms with Crippen LogP contribution in [0.2, 0.25) is 0 Å². The van der Waals surface area contributed by atoms with Crippen molar-refractivity contribution < 1.29 is 17.6 Å². The molecule has 1 amide bonds. The molecule has 1 fully saturated rings. The summed E-state index contributed by atoms with van der Waals surface area (Å²) in [5.74, 6) is 1.81. The van der Waals surface area contributed by atoms with Crippen molar-refractivity contribution >= 4 is 27.5 Å². The normalized spacial score (nSPS) is 15.3. The Kier molecular flexibility index (Phi) is 6.41. The first-order valence-electron chi connectivity index (χ1n) is 10.5. The first kappa shape index (κ1) is 21.8. The highest BCUT2D eigenvalue weighted by molar-refractivity contribution is 7.90. The van der Waals surface area contributed by atoms with Crippen LogP contribution in [0.3, 0.4) is 0 Å². The molecule has 0 radical (unpaired) electrons. The van der Waals surface area contributed by atoms with Crippen molar-refractivity contribution in [1.82, 2.24) is 4.90 Å². The molecular formula is C24H25N3O4S. The number of sulfonamides is 1. The molecule has 0 bridgehead atoms. The molecule has 0 aliphatic carbocycles. The third-order valence-electron chi connectivity index (χ3n) is 5.29. The summed E-state index contributed by atoms with van der Waals surface area (Å²) in [5, 5.41) is 2.76. The summed E-state index contributed by atoms with van der Waals surface area (Å²) in [6.07, 6.45) is 2.19. The van der Waals surface area contributed by atoms with Crippen molar-refractivity contribution in [3.05, 3.63) is 72.5 Å². The summed E-state index contributed by atoms with van der Waals surface area (Å²) in [6.45, 7) is 0.799. The van der Waals surface area contributed by atoms with Gasteiger partial charge in [0.1, 0.15) is 17.4 Å². The van der Waals surface area contributed by atoms with Crippen LogP contribution in [-0.4, -0.2) is 38.7 Å². The number of hydrogen-bond donors (Lipinski definition) is 1. The zero-order valence-electron chi connectivity index (χ0n) is 17.8. The van der Waals surface area contributed by atoms with Gasteiger partial charge in [-0.2, -0.15) is 8.42 Å². The van der Waals surface area contributed by atoms with Gasteiger partial charge in [-0.25, -0.2) is 0 Å². The number of nitrogens with zero attached hydrogens (tertiary/aromatic N) is 2. The molecule has 0 unspecified atom stereocenters. The van der Waals surface area contributed by atoms with Crippen molar-refractivity contribution in [1.29, 1.82) is 0 Å². The van der Waals surface area contributed by atoms with E-state index in [1.165, 1.54) is 12.1 Å². The molecule has 3 aromatic rings. The Bertz CT molecular complexity index is 1230. The second-order valence-electron chi connectivity index (χ2n) is 7.72. The minimum Gasteiger partial charge on any atom is -0.461 e. The number of hydrogen-bond acceptors (Lipinski definition) is 4. The van der Waals surface area contributed by atoms with Gasteiger partial charge in [0.05, 0.1) is 4.90 Å². The third-order valence-corrected chi connectivity index (χ3v) is 6.59. The number of benzene rings is 2. The van der Waals surface area contributed by atoms with Crippen LogP contribution in [0, 0.1) is 0 Å². The van der Waals surface area contributed by atoms with Crippen molar-refractivity contribution in [2.75, 3.05) is 18.9 Å². The lowest BCUT2D eigenvalue weighted by molar-refractivity contribution is -0.116. The zero-order valence-corrected chi connectivity index (χ0v) is 18.6. The van der Waals surface area contributed by atoms with E-state index in [0.717, 1.165) is 24.3 Å². The summed E-state index contributed by atoms with van der Waals surface area (Å²) in [7, 11) is -2.00. The Labute approximate surface area is 187 Å². The highest BCUT2D eigenvalue weighted by Gasteiger charge is 2.20. The quantitative estimate of drug-likeness (QED) is 0.577. The fraction of sp³-hybridized carbons (Fsp3) is 0.250. The van der Waals surface area contributed by atoms with Gasteiger partial charge in [0.15, 0.2) is 0 Å². The number of likely N-dealkylation sites (tertiary alicyclic amines) is 1. The molecule has 1 aliphatic heterocycles. The summed E-state index contributed by atoms with van der Waals surface area (Å²) in [6, 6.07) is 19.7. The standard InChI is InChI=1S/C24H25N3O4S/c1-27-16-6-11-23(27)26-32(29,30)21-10-5-9-19(17-21)25-24(28)15-13-20-12-14-22(31-20)18-7-3-2-4-8-18/h2-5,7-10,12,14,17H,6,11,13,15-16H2,1H3,(H,25,28). The molecule has 0 saturated carbocycles. The fourth-order valence-electron chi connectivity index (χ4n) is 3.57. The van der Waals surface area contributed by atoms with Crippen LogP contribution in [0.1, 0.15) is 25.0 Å². The van der Waals surface area contributed by atoms with E-state index in [9.17, 15) is 13.2 Å². The number of nitrogens with one attached hydrogen (secondary N) is 1. The van der Waals surface area contributed by atoms with Gasteiger partial charge in [0.25, 0.3) is 10.0 Å². The number of carbonyl (C=O) groups excluding carboxylic acids is 1. The molecule has 1 saturated heterocycles. The Morgan fingerprint density at radius 2 is 1.91 bits per heavy atom. The minimum absolute atomic E-state index is 0.0571. The Morgan fingerprint density at radius 3 is 2.66 bits per heavy atom. The molecule has 7 nitrogen and oxygen atoms in total. The second-order valence-corrected chi connectivity index (χ2v) is 9.32. The van der Waals surface area contributed by atoms with Crippen LogP contribution in [0.4, 0.5) is 5.69 Å². The Hall–Kier alpha value is -3.39. The topological polar surface area (TPSA) is 92.0 Å². The van der Waals surface area contributed by atoms with E-state index in [4.69, 9.17) is 4.42 Å². The minimum atomic E-state index is -3.83. The van der Waals surface area contributed by atoms with E-state index in [0.29, 0.717) is 30.1 Å². The molecule has 166 valence electrons. The lowest BCUT2D eigenvalue weighted by atomic mass is 10.2. The van der Waals surface area contributed by atoms with Crippen LogP contribution in [-0.2, 0) is 21.2 Å². The van der Waals surface area contributed by atoms with Crippen molar-refractivity contribution in [2.24, 2.45) is 4.40 Å². The van der Waals surface area contributed by atoms with E-state index in [-0.39, 0.29) is 17.2 Å². The fourth-order valence-corrected chi connectivity index (χ4v) is 4.71. The molecule has 1 aliphatic rings. The number of rotatable bonds is 7. The first-order valence-corrected chi connectivity index (χ1v) is 11.9. The zero-order chi connectivity index (χ0) is 22.6. The van der Waals surface area contributed by atoms with Crippen LogP contribution >= 0.6 is 0 Å². The number of aryl methyl sites for hydroxylation is 1. The Morgan fingerprint density at radius 1 is 1.09 bits per heavy atom. The van der Waals surface area contributed by atoms with Crippen molar-refractivity contribution in [2.45, 2.75) is 30.6 Å². The monoisotopic (exact) mass is 451 g/mol. The molecule has 8 heteroatoms. The smallest absolute Gasteiger partial charge is 0.284 e. The average Bonchev–Trinajstić information content (AvgIpc) is 3.42. The molecule has 32 heavy (non-hydrogen) atoms. The van der Waals surface area contributed by atoms with E-state index in [1.54, 1.807) is 12.1 Å². The average molecular weight is 452 g/mol. The lowest BCUT2D eigenvalue weighted by Crippen LogP contribution is -2.20. The first-order chi connectivity index (χ1) is 15.4. The number of amidine groups is 1.